The van der Waals surface area contributed by atoms with Gasteiger partial charge in [-0.3, -0.25) is 0 Å². The SMILES string of the molecule is O=S(=O)(c1ccccc1)N1CC(CI)C(c2ccccc2)C1. The van der Waals surface area contributed by atoms with Crippen molar-refractivity contribution < 1.29 is 8.42 Å². The summed E-state index contributed by atoms with van der Waals surface area (Å²) in [6, 6.07) is 19.0. The summed E-state index contributed by atoms with van der Waals surface area (Å²) in [5.41, 5.74) is 1.23. The molecule has 0 radical (unpaired) electrons. The van der Waals surface area contributed by atoms with Gasteiger partial charge in [0.25, 0.3) is 0 Å². The van der Waals surface area contributed by atoms with Crippen molar-refractivity contribution in [1.29, 1.82) is 0 Å². The highest BCUT2D eigenvalue weighted by molar-refractivity contribution is 14.1. The zero-order valence-electron chi connectivity index (χ0n) is 12.1. The van der Waals surface area contributed by atoms with Crippen LogP contribution in [0, 0.1) is 5.92 Å². The van der Waals surface area contributed by atoms with Crippen LogP contribution in [0.3, 0.4) is 0 Å². The van der Waals surface area contributed by atoms with E-state index in [4.69, 9.17) is 0 Å². The standard InChI is InChI=1S/C17H18INO2S/c18-11-15-12-19(13-17(15)14-7-3-1-4-8-14)22(20,21)16-9-5-2-6-10-16/h1-10,15,17H,11-13H2. The molecule has 0 aliphatic carbocycles. The molecule has 0 spiro atoms. The van der Waals surface area contributed by atoms with Gasteiger partial charge < -0.3 is 0 Å². The summed E-state index contributed by atoms with van der Waals surface area (Å²) in [5, 5.41) is 0. The third-order valence-electron chi connectivity index (χ3n) is 4.21. The fourth-order valence-corrected chi connectivity index (χ4v) is 5.44. The molecule has 2 aromatic rings. The Hall–Kier alpha value is -0.920. The minimum Gasteiger partial charge on any atom is -0.207 e. The van der Waals surface area contributed by atoms with E-state index in [1.165, 1.54) is 5.56 Å². The smallest absolute Gasteiger partial charge is 0.207 e. The number of hydrogen-bond donors (Lipinski definition) is 0. The van der Waals surface area contributed by atoms with Gasteiger partial charge in [-0.2, -0.15) is 4.31 Å². The van der Waals surface area contributed by atoms with Gasteiger partial charge in [0.2, 0.25) is 10.0 Å². The van der Waals surface area contributed by atoms with Gasteiger partial charge in [0.05, 0.1) is 4.90 Å². The highest BCUT2D eigenvalue weighted by Crippen LogP contribution is 2.36. The first kappa shape index (κ1) is 16.0. The van der Waals surface area contributed by atoms with E-state index < -0.39 is 10.0 Å². The maximum Gasteiger partial charge on any atom is 0.243 e. The molecule has 0 N–H and O–H groups in total. The third kappa shape index (κ3) is 3.07. The van der Waals surface area contributed by atoms with Gasteiger partial charge in [0.1, 0.15) is 0 Å². The van der Waals surface area contributed by atoms with Crippen molar-refractivity contribution in [2.24, 2.45) is 5.92 Å². The molecule has 1 saturated heterocycles. The van der Waals surface area contributed by atoms with E-state index in [0.29, 0.717) is 23.9 Å². The minimum atomic E-state index is -3.39. The van der Waals surface area contributed by atoms with Gasteiger partial charge in [-0.15, -0.1) is 0 Å². The van der Waals surface area contributed by atoms with Crippen LogP contribution in [0.1, 0.15) is 11.5 Å². The van der Waals surface area contributed by atoms with Crippen LogP contribution in [-0.4, -0.2) is 30.2 Å². The molecular weight excluding hydrogens is 409 g/mol. The molecule has 2 unspecified atom stereocenters. The Morgan fingerprint density at radius 3 is 2.14 bits per heavy atom. The van der Waals surface area contributed by atoms with Crippen molar-refractivity contribution in [1.82, 2.24) is 4.31 Å². The molecule has 1 aliphatic heterocycles. The maximum atomic E-state index is 12.8. The van der Waals surface area contributed by atoms with Gasteiger partial charge >= 0.3 is 0 Å². The molecule has 2 atom stereocenters. The first-order valence-corrected chi connectivity index (χ1v) is 10.3. The van der Waals surface area contributed by atoms with Crippen molar-refractivity contribution in [2.45, 2.75) is 10.8 Å². The van der Waals surface area contributed by atoms with E-state index in [1.807, 2.05) is 24.3 Å². The number of rotatable bonds is 4. The molecule has 1 fully saturated rings. The van der Waals surface area contributed by atoms with Crippen LogP contribution in [0.25, 0.3) is 0 Å². The van der Waals surface area contributed by atoms with Crippen molar-refractivity contribution in [3.63, 3.8) is 0 Å². The Kier molecular flexibility index (Phi) is 4.84. The van der Waals surface area contributed by atoms with E-state index in [1.54, 1.807) is 28.6 Å². The number of sulfonamides is 1. The zero-order valence-corrected chi connectivity index (χ0v) is 15.1. The molecular formula is C17H18INO2S. The van der Waals surface area contributed by atoms with E-state index in [2.05, 4.69) is 34.7 Å². The highest BCUT2D eigenvalue weighted by atomic mass is 127. The van der Waals surface area contributed by atoms with Gasteiger partial charge in [-0.05, 0) is 23.6 Å². The molecule has 0 saturated carbocycles. The predicted octanol–water partition coefficient (Wildman–Crippen LogP) is 3.53. The monoisotopic (exact) mass is 427 g/mol. The minimum absolute atomic E-state index is 0.275. The fraction of sp³-hybridized carbons (Fsp3) is 0.294. The van der Waals surface area contributed by atoms with Crippen LogP contribution in [0.15, 0.2) is 65.6 Å². The molecule has 3 rings (SSSR count). The first-order valence-electron chi connectivity index (χ1n) is 7.29. The zero-order chi connectivity index (χ0) is 15.6. The maximum absolute atomic E-state index is 12.8. The van der Waals surface area contributed by atoms with Crippen LogP contribution in [-0.2, 0) is 10.0 Å². The summed E-state index contributed by atoms with van der Waals surface area (Å²) in [5.74, 6) is 0.637. The average molecular weight is 427 g/mol. The summed E-state index contributed by atoms with van der Waals surface area (Å²) in [6.07, 6.45) is 0. The van der Waals surface area contributed by atoms with Gasteiger partial charge in [0.15, 0.2) is 0 Å². The Morgan fingerprint density at radius 2 is 1.55 bits per heavy atom. The Morgan fingerprint density at radius 1 is 0.955 bits per heavy atom. The van der Waals surface area contributed by atoms with Gasteiger partial charge in [0, 0.05) is 23.4 Å². The first-order chi connectivity index (χ1) is 10.6. The Bertz CT molecular complexity index is 719. The lowest BCUT2D eigenvalue weighted by Crippen LogP contribution is -2.29. The summed E-state index contributed by atoms with van der Waals surface area (Å²) in [4.78, 5) is 0.385. The second-order valence-corrected chi connectivity index (χ2v) is 8.39. The molecule has 22 heavy (non-hydrogen) atoms. The van der Waals surface area contributed by atoms with Gasteiger partial charge in [-0.1, -0.05) is 71.1 Å². The van der Waals surface area contributed by atoms with Crippen LogP contribution in [0.5, 0.6) is 0 Å². The fourth-order valence-electron chi connectivity index (χ4n) is 3.00. The largest absolute Gasteiger partial charge is 0.243 e. The second kappa shape index (κ2) is 6.68. The third-order valence-corrected chi connectivity index (χ3v) is 7.19. The number of nitrogens with zero attached hydrogens (tertiary/aromatic N) is 1. The van der Waals surface area contributed by atoms with Gasteiger partial charge in [-0.25, -0.2) is 8.42 Å². The molecule has 3 nitrogen and oxygen atoms in total. The summed E-state index contributed by atoms with van der Waals surface area (Å²) >= 11 is 2.36. The number of alkyl halides is 1. The molecule has 5 heteroatoms. The topological polar surface area (TPSA) is 37.4 Å². The normalized spacial score (nSPS) is 22.8. The van der Waals surface area contributed by atoms with Crippen LogP contribution in [0.2, 0.25) is 0 Å². The van der Waals surface area contributed by atoms with Crippen LogP contribution >= 0.6 is 22.6 Å². The van der Waals surface area contributed by atoms with E-state index in [-0.39, 0.29) is 5.92 Å². The van der Waals surface area contributed by atoms with Crippen LogP contribution in [0.4, 0.5) is 0 Å². The van der Waals surface area contributed by atoms with Crippen molar-refractivity contribution in [3.05, 3.63) is 66.2 Å². The molecule has 1 aliphatic rings. The van der Waals surface area contributed by atoms with E-state index in [9.17, 15) is 8.42 Å². The van der Waals surface area contributed by atoms with Crippen LogP contribution < -0.4 is 0 Å². The number of halogens is 1. The average Bonchev–Trinajstić information content (AvgIpc) is 3.01. The highest BCUT2D eigenvalue weighted by Gasteiger charge is 2.39. The Balaban J connectivity index is 1.89. The molecule has 0 aromatic heterocycles. The summed E-state index contributed by atoms with van der Waals surface area (Å²) in [6.45, 7) is 1.16. The lowest BCUT2D eigenvalue weighted by Gasteiger charge is -2.17. The lowest BCUT2D eigenvalue weighted by atomic mass is 9.90. The molecule has 0 amide bonds. The quantitative estimate of drug-likeness (QED) is 0.553. The molecule has 116 valence electrons. The summed E-state index contributed by atoms with van der Waals surface area (Å²) < 4.78 is 28.2. The second-order valence-electron chi connectivity index (χ2n) is 5.57. The molecule has 1 heterocycles. The number of benzene rings is 2. The molecule has 2 aromatic carbocycles. The number of hydrogen-bond acceptors (Lipinski definition) is 2. The molecule has 0 bridgehead atoms. The van der Waals surface area contributed by atoms with Crippen molar-refractivity contribution in [3.8, 4) is 0 Å². The Labute approximate surface area is 145 Å². The van der Waals surface area contributed by atoms with E-state index in [0.717, 1.165) is 4.43 Å². The predicted molar refractivity (Wildman–Crippen MR) is 96.8 cm³/mol. The lowest BCUT2D eigenvalue weighted by molar-refractivity contribution is 0.466. The van der Waals surface area contributed by atoms with E-state index >= 15 is 0 Å². The van der Waals surface area contributed by atoms with Crippen molar-refractivity contribution in [2.75, 3.05) is 17.5 Å². The summed E-state index contributed by atoms with van der Waals surface area (Å²) in [7, 11) is -3.39. The van der Waals surface area contributed by atoms with Crippen molar-refractivity contribution >= 4 is 32.6 Å².